The van der Waals surface area contributed by atoms with Gasteiger partial charge in [-0.3, -0.25) is 13.9 Å². The Hall–Kier alpha value is -2.89. The zero-order valence-electron chi connectivity index (χ0n) is 14.3. The number of imidazole rings is 1. The largest absolute Gasteiger partial charge is 0.329 e. The van der Waals surface area contributed by atoms with Gasteiger partial charge in [0.25, 0.3) is 0 Å². The number of rotatable bonds is 5. The lowest BCUT2D eigenvalue weighted by Crippen LogP contribution is -2.29. The number of para-hydroxylation sites is 2. The van der Waals surface area contributed by atoms with Crippen LogP contribution in [0.3, 0.4) is 0 Å². The van der Waals surface area contributed by atoms with Gasteiger partial charge in [0, 0.05) is 12.2 Å². The number of aromatic nitrogens is 2. The molecule has 1 amide bonds. The Balaban J connectivity index is 1.89. The lowest BCUT2D eigenvalue weighted by molar-refractivity contribution is -0.116. The predicted molar refractivity (Wildman–Crippen MR) is 96.3 cm³/mol. The Morgan fingerprint density at radius 3 is 2.44 bits per heavy atom. The molecule has 1 aromatic heterocycles. The summed E-state index contributed by atoms with van der Waals surface area (Å²) in [6, 6.07) is 11.9. The van der Waals surface area contributed by atoms with E-state index < -0.39 is 0 Å². The molecule has 0 saturated heterocycles. The standard InChI is InChI=1S/C19H20FN3O2/c1-3-10-22-16-6-4-5-7-17(16)23(19(22)25)12-18(24)21-14-9-8-13(2)15(20)11-14/h4-9,11H,3,10,12H2,1-2H3,(H,21,24). The summed E-state index contributed by atoms with van der Waals surface area (Å²) in [7, 11) is 0. The number of carbonyl (C=O) groups is 1. The minimum Gasteiger partial charge on any atom is -0.324 e. The van der Waals surface area contributed by atoms with E-state index in [0.29, 0.717) is 23.3 Å². The normalized spacial score (nSPS) is 11.0. The zero-order chi connectivity index (χ0) is 18.0. The molecule has 0 saturated carbocycles. The van der Waals surface area contributed by atoms with Crippen molar-refractivity contribution in [1.29, 1.82) is 0 Å². The van der Waals surface area contributed by atoms with Gasteiger partial charge in [-0.05, 0) is 43.2 Å². The van der Waals surface area contributed by atoms with Crippen LogP contribution in [0.4, 0.5) is 10.1 Å². The van der Waals surface area contributed by atoms with Crippen molar-refractivity contribution in [1.82, 2.24) is 9.13 Å². The van der Waals surface area contributed by atoms with Crippen LogP contribution in [-0.4, -0.2) is 15.0 Å². The second-order valence-electron chi connectivity index (χ2n) is 6.02. The van der Waals surface area contributed by atoms with Crippen LogP contribution in [0.2, 0.25) is 0 Å². The van der Waals surface area contributed by atoms with Crippen molar-refractivity contribution in [3.8, 4) is 0 Å². The number of nitrogens with zero attached hydrogens (tertiary/aromatic N) is 2. The van der Waals surface area contributed by atoms with Gasteiger partial charge in [-0.1, -0.05) is 25.1 Å². The summed E-state index contributed by atoms with van der Waals surface area (Å²) in [4.78, 5) is 25.0. The number of aryl methyl sites for hydroxylation is 2. The molecular formula is C19H20FN3O2. The van der Waals surface area contributed by atoms with Gasteiger partial charge in [0.1, 0.15) is 12.4 Å². The molecule has 1 N–H and O–H groups in total. The minimum atomic E-state index is -0.380. The quantitative estimate of drug-likeness (QED) is 0.774. The number of amides is 1. The van der Waals surface area contributed by atoms with E-state index in [4.69, 9.17) is 0 Å². The highest BCUT2D eigenvalue weighted by Gasteiger charge is 2.15. The van der Waals surface area contributed by atoms with Crippen LogP contribution < -0.4 is 11.0 Å². The first kappa shape index (κ1) is 17.0. The molecule has 5 nitrogen and oxygen atoms in total. The van der Waals surface area contributed by atoms with E-state index in [9.17, 15) is 14.0 Å². The van der Waals surface area contributed by atoms with Gasteiger partial charge in [-0.2, -0.15) is 0 Å². The Kier molecular flexibility index (Phi) is 4.70. The van der Waals surface area contributed by atoms with Gasteiger partial charge in [-0.25, -0.2) is 9.18 Å². The highest BCUT2D eigenvalue weighted by Crippen LogP contribution is 2.15. The van der Waals surface area contributed by atoms with Crippen molar-refractivity contribution >= 4 is 22.6 Å². The fourth-order valence-corrected chi connectivity index (χ4v) is 2.88. The molecule has 0 unspecified atom stereocenters. The van der Waals surface area contributed by atoms with E-state index in [1.165, 1.54) is 10.6 Å². The molecular weight excluding hydrogens is 321 g/mol. The average molecular weight is 341 g/mol. The van der Waals surface area contributed by atoms with E-state index in [1.54, 1.807) is 23.6 Å². The molecule has 0 aliphatic heterocycles. The zero-order valence-corrected chi connectivity index (χ0v) is 14.3. The molecule has 0 radical (unpaired) electrons. The Bertz CT molecular complexity index is 988. The smallest absolute Gasteiger partial charge is 0.324 e. The van der Waals surface area contributed by atoms with E-state index >= 15 is 0 Å². The molecule has 6 heteroatoms. The van der Waals surface area contributed by atoms with E-state index in [2.05, 4.69) is 5.32 Å². The molecule has 130 valence electrons. The van der Waals surface area contributed by atoms with Crippen molar-refractivity contribution in [3.05, 3.63) is 64.3 Å². The molecule has 0 spiro atoms. The maximum Gasteiger partial charge on any atom is 0.329 e. The topological polar surface area (TPSA) is 56.0 Å². The summed E-state index contributed by atoms with van der Waals surface area (Å²) in [5.74, 6) is -0.751. The fourth-order valence-electron chi connectivity index (χ4n) is 2.88. The summed E-state index contributed by atoms with van der Waals surface area (Å²) in [6.45, 7) is 4.13. The van der Waals surface area contributed by atoms with Crippen LogP contribution in [-0.2, 0) is 17.9 Å². The van der Waals surface area contributed by atoms with Crippen LogP contribution in [0.15, 0.2) is 47.3 Å². The van der Waals surface area contributed by atoms with Gasteiger partial charge in [0.2, 0.25) is 5.91 Å². The monoisotopic (exact) mass is 341 g/mol. The second-order valence-corrected chi connectivity index (χ2v) is 6.02. The number of benzene rings is 2. The van der Waals surface area contributed by atoms with E-state index in [1.807, 2.05) is 31.2 Å². The number of carbonyl (C=O) groups excluding carboxylic acids is 1. The summed E-state index contributed by atoms with van der Waals surface area (Å²) >= 11 is 0. The van der Waals surface area contributed by atoms with Gasteiger partial charge in [0.05, 0.1) is 11.0 Å². The number of fused-ring (bicyclic) bond motifs is 1. The van der Waals surface area contributed by atoms with Crippen LogP contribution >= 0.6 is 0 Å². The summed E-state index contributed by atoms with van der Waals surface area (Å²) in [5, 5.41) is 2.64. The summed E-state index contributed by atoms with van der Waals surface area (Å²) in [6.07, 6.45) is 0.822. The highest BCUT2D eigenvalue weighted by molar-refractivity contribution is 5.91. The van der Waals surface area contributed by atoms with Gasteiger partial charge < -0.3 is 5.32 Å². The second kappa shape index (κ2) is 6.93. The summed E-state index contributed by atoms with van der Waals surface area (Å²) in [5.41, 5.74) is 2.19. The van der Waals surface area contributed by atoms with Crippen molar-refractivity contribution < 1.29 is 9.18 Å². The van der Waals surface area contributed by atoms with E-state index in [-0.39, 0.29) is 24.0 Å². The Labute approximate surface area is 144 Å². The number of anilines is 1. The maximum atomic E-state index is 13.6. The number of halogens is 1. The van der Waals surface area contributed by atoms with Crippen LogP contribution in [0, 0.1) is 12.7 Å². The van der Waals surface area contributed by atoms with Crippen molar-refractivity contribution in [2.45, 2.75) is 33.4 Å². The molecule has 0 aliphatic rings. The van der Waals surface area contributed by atoms with Gasteiger partial charge in [-0.15, -0.1) is 0 Å². The molecule has 0 bridgehead atoms. The number of hydrogen-bond donors (Lipinski definition) is 1. The third-order valence-corrected chi connectivity index (χ3v) is 4.13. The predicted octanol–water partition coefficient (Wildman–Crippen LogP) is 3.30. The fraction of sp³-hybridized carbons (Fsp3) is 0.263. The molecule has 0 aliphatic carbocycles. The third kappa shape index (κ3) is 3.33. The Morgan fingerprint density at radius 2 is 1.80 bits per heavy atom. The third-order valence-electron chi connectivity index (χ3n) is 4.13. The molecule has 3 aromatic rings. The summed E-state index contributed by atoms with van der Waals surface area (Å²) < 4.78 is 16.7. The van der Waals surface area contributed by atoms with Crippen LogP contribution in [0.5, 0.6) is 0 Å². The van der Waals surface area contributed by atoms with Crippen LogP contribution in [0.1, 0.15) is 18.9 Å². The van der Waals surface area contributed by atoms with Crippen LogP contribution in [0.25, 0.3) is 11.0 Å². The first-order chi connectivity index (χ1) is 12.0. The first-order valence-electron chi connectivity index (χ1n) is 8.25. The van der Waals surface area contributed by atoms with Gasteiger partial charge in [0.15, 0.2) is 0 Å². The first-order valence-corrected chi connectivity index (χ1v) is 8.25. The van der Waals surface area contributed by atoms with Crippen molar-refractivity contribution in [3.63, 3.8) is 0 Å². The minimum absolute atomic E-state index is 0.119. The molecule has 1 heterocycles. The lowest BCUT2D eigenvalue weighted by Gasteiger charge is -2.07. The highest BCUT2D eigenvalue weighted by atomic mass is 19.1. The lowest BCUT2D eigenvalue weighted by atomic mass is 10.2. The maximum absolute atomic E-state index is 13.6. The molecule has 2 aromatic carbocycles. The molecule has 25 heavy (non-hydrogen) atoms. The number of hydrogen-bond acceptors (Lipinski definition) is 2. The van der Waals surface area contributed by atoms with Crippen molar-refractivity contribution in [2.75, 3.05) is 5.32 Å². The SMILES string of the molecule is CCCn1c(=O)n(CC(=O)Nc2ccc(C)c(F)c2)c2ccccc21. The molecule has 0 atom stereocenters. The molecule has 0 fully saturated rings. The average Bonchev–Trinajstić information content (AvgIpc) is 2.84. The number of nitrogens with one attached hydrogen (secondary N) is 1. The van der Waals surface area contributed by atoms with E-state index in [0.717, 1.165) is 11.9 Å². The van der Waals surface area contributed by atoms with Gasteiger partial charge >= 0.3 is 5.69 Å². The molecule has 3 rings (SSSR count). The van der Waals surface area contributed by atoms with Crippen molar-refractivity contribution in [2.24, 2.45) is 0 Å². The Morgan fingerprint density at radius 1 is 1.12 bits per heavy atom.